The first-order valence-corrected chi connectivity index (χ1v) is 9.59. The van der Waals surface area contributed by atoms with Crippen molar-refractivity contribution in [2.45, 2.75) is 69.2 Å². The summed E-state index contributed by atoms with van der Waals surface area (Å²) in [6.07, 6.45) is 8.78. The van der Waals surface area contributed by atoms with E-state index in [-0.39, 0.29) is 11.2 Å². The molecule has 2 saturated carbocycles. The number of hydrogen-bond acceptors (Lipinski definition) is 2. The largest absolute Gasteiger partial charge is 0.389 e. The lowest BCUT2D eigenvalue weighted by Gasteiger charge is -2.56. The molecule has 0 bridgehead atoms. The van der Waals surface area contributed by atoms with Gasteiger partial charge in [0.1, 0.15) is 0 Å². The van der Waals surface area contributed by atoms with E-state index >= 15 is 0 Å². The van der Waals surface area contributed by atoms with Crippen molar-refractivity contribution in [3.8, 4) is 0 Å². The fourth-order valence-electron chi connectivity index (χ4n) is 5.79. The van der Waals surface area contributed by atoms with Gasteiger partial charge in [-0.1, -0.05) is 28.4 Å². The first-order valence-electron chi connectivity index (χ1n) is 8.68. The molecule has 22 heavy (non-hydrogen) atoms. The molecule has 120 valence electrons. The topological polar surface area (TPSA) is 37.3 Å². The Hall–Kier alpha value is -0.410. The van der Waals surface area contributed by atoms with E-state index in [4.69, 9.17) is 0 Å². The van der Waals surface area contributed by atoms with Gasteiger partial charge in [0.15, 0.2) is 5.78 Å². The maximum absolute atomic E-state index is 11.8. The molecule has 4 aliphatic rings. The second kappa shape index (κ2) is 4.80. The van der Waals surface area contributed by atoms with Crippen LogP contribution in [0.25, 0.3) is 0 Å². The van der Waals surface area contributed by atoms with Gasteiger partial charge in [-0.25, -0.2) is 0 Å². The minimum atomic E-state index is -0.566. The number of fused-ring (bicyclic) bond motifs is 4. The van der Waals surface area contributed by atoms with Crippen LogP contribution in [0.2, 0.25) is 0 Å². The quantitative estimate of drug-likeness (QED) is 0.650. The average molecular weight is 365 g/mol. The molecule has 5 atom stereocenters. The van der Waals surface area contributed by atoms with Crippen molar-refractivity contribution in [3.63, 3.8) is 0 Å². The first kappa shape index (κ1) is 15.1. The minimum Gasteiger partial charge on any atom is -0.389 e. The van der Waals surface area contributed by atoms with Crippen LogP contribution in [0.1, 0.15) is 58.8 Å². The van der Waals surface area contributed by atoms with Gasteiger partial charge in [-0.2, -0.15) is 0 Å². The van der Waals surface area contributed by atoms with Gasteiger partial charge in [-0.3, -0.25) is 4.79 Å². The van der Waals surface area contributed by atoms with Crippen LogP contribution in [-0.2, 0) is 4.79 Å². The summed E-state index contributed by atoms with van der Waals surface area (Å²) in [6.45, 7) is 4.46. The Morgan fingerprint density at radius 3 is 2.91 bits per heavy atom. The summed E-state index contributed by atoms with van der Waals surface area (Å²) >= 11 is 3.90. The smallest absolute Gasteiger partial charge is 0.156 e. The van der Waals surface area contributed by atoms with Crippen molar-refractivity contribution in [1.29, 1.82) is 0 Å². The van der Waals surface area contributed by atoms with Crippen molar-refractivity contribution in [2.75, 3.05) is 0 Å². The van der Waals surface area contributed by atoms with Crippen LogP contribution in [0.5, 0.6) is 0 Å². The van der Waals surface area contributed by atoms with E-state index in [0.29, 0.717) is 23.1 Å². The zero-order valence-electron chi connectivity index (χ0n) is 13.5. The van der Waals surface area contributed by atoms with Gasteiger partial charge in [-0.15, -0.1) is 0 Å². The predicted molar refractivity (Wildman–Crippen MR) is 90.9 cm³/mol. The van der Waals surface area contributed by atoms with Gasteiger partial charge in [0.05, 0.1) is 5.60 Å². The normalized spacial score (nSPS) is 47.7. The monoisotopic (exact) mass is 364 g/mol. The molecule has 1 N–H and O–H groups in total. The lowest BCUT2D eigenvalue weighted by molar-refractivity contribution is -0.116. The molecule has 0 heterocycles. The van der Waals surface area contributed by atoms with E-state index in [1.807, 2.05) is 6.08 Å². The fraction of sp³-hybridized carbons (Fsp3) is 0.737. The molecule has 4 aliphatic carbocycles. The number of alkyl halides is 1. The maximum Gasteiger partial charge on any atom is 0.156 e. The third kappa shape index (κ3) is 1.78. The lowest BCUT2D eigenvalue weighted by Crippen LogP contribution is -2.58. The Morgan fingerprint density at radius 2 is 2.14 bits per heavy atom. The summed E-state index contributed by atoms with van der Waals surface area (Å²) in [7, 11) is 0. The molecular formula is C19H25BrO2. The second-order valence-corrected chi connectivity index (χ2v) is 9.21. The molecule has 0 saturated heterocycles. The highest BCUT2D eigenvalue weighted by molar-refractivity contribution is 9.09. The Labute approximate surface area is 141 Å². The van der Waals surface area contributed by atoms with Gasteiger partial charge in [0.25, 0.3) is 0 Å². The average Bonchev–Trinajstić information content (AvgIpc) is 2.80. The predicted octanol–water partition coefficient (Wildman–Crippen LogP) is 4.32. The van der Waals surface area contributed by atoms with E-state index in [0.717, 1.165) is 38.5 Å². The van der Waals surface area contributed by atoms with Crippen LogP contribution in [0, 0.1) is 17.3 Å². The van der Waals surface area contributed by atoms with E-state index < -0.39 is 5.60 Å². The highest BCUT2D eigenvalue weighted by Gasteiger charge is 2.62. The Kier molecular flexibility index (Phi) is 3.30. The summed E-state index contributed by atoms with van der Waals surface area (Å²) < 4.78 is 0. The van der Waals surface area contributed by atoms with Crippen LogP contribution >= 0.6 is 15.9 Å². The van der Waals surface area contributed by atoms with Crippen LogP contribution in [-0.4, -0.2) is 21.3 Å². The second-order valence-electron chi connectivity index (χ2n) is 8.11. The molecule has 0 aromatic carbocycles. The molecule has 4 rings (SSSR count). The molecule has 0 aliphatic heterocycles. The molecule has 3 heteroatoms. The molecule has 0 spiro atoms. The summed E-state index contributed by atoms with van der Waals surface area (Å²) in [5.74, 6) is 1.05. The molecule has 2 nitrogen and oxygen atoms in total. The molecule has 4 unspecified atom stereocenters. The number of carbonyl (C=O) groups excluding carboxylic acids is 1. The van der Waals surface area contributed by atoms with E-state index in [9.17, 15) is 9.90 Å². The van der Waals surface area contributed by atoms with Gasteiger partial charge >= 0.3 is 0 Å². The maximum atomic E-state index is 11.8. The number of hydrogen-bond donors (Lipinski definition) is 1. The zero-order chi connectivity index (χ0) is 15.7. The van der Waals surface area contributed by atoms with Crippen LogP contribution < -0.4 is 0 Å². The third-order valence-corrected chi connectivity index (χ3v) is 8.60. The molecule has 0 amide bonds. The lowest BCUT2D eigenvalue weighted by atomic mass is 9.54. The number of halogens is 1. The molecule has 0 aromatic rings. The number of rotatable bonds is 0. The van der Waals surface area contributed by atoms with Crippen LogP contribution in [0.3, 0.4) is 0 Å². The van der Waals surface area contributed by atoms with Crippen molar-refractivity contribution < 1.29 is 9.90 Å². The summed E-state index contributed by atoms with van der Waals surface area (Å²) in [5, 5.41) is 11.6. The van der Waals surface area contributed by atoms with Gasteiger partial charge in [0, 0.05) is 22.6 Å². The summed E-state index contributed by atoms with van der Waals surface area (Å²) in [6, 6.07) is 0. The highest BCUT2D eigenvalue weighted by Crippen LogP contribution is 2.64. The van der Waals surface area contributed by atoms with Gasteiger partial charge in [-0.05, 0) is 68.6 Å². The summed E-state index contributed by atoms with van der Waals surface area (Å²) in [5.41, 5.74) is 3.42. The minimum absolute atomic E-state index is 0.00680. The van der Waals surface area contributed by atoms with E-state index in [1.165, 1.54) is 16.7 Å². The van der Waals surface area contributed by atoms with Gasteiger partial charge in [0.2, 0.25) is 0 Å². The number of carbonyl (C=O) groups is 1. The Bertz CT molecular complexity index is 605. The van der Waals surface area contributed by atoms with E-state index in [2.05, 4.69) is 29.8 Å². The number of allylic oxidation sites excluding steroid dienone is 3. The number of ketones is 1. The molecule has 0 aromatic heterocycles. The Morgan fingerprint density at radius 1 is 1.36 bits per heavy atom. The zero-order valence-corrected chi connectivity index (χ0v) is 15.1. The highest BCUT2D eigenvalue weighted by atomic mass is 79.9. The Balaban J connectivity index is 1.85. The van der Waals surface area contributed by atoms with Crippen molar-refractivity contribution in [3.05, 3.63) is 22.8 Å². The van der Waals surface area contributed by atoms with Gasteiger partial charge < -0.3 is 5.11 Å². The first-order chi connectivity index (χ1) is 10.4. The van der Waals surface area contributed by atoms with Crippen molar-refractivity contribution in [1.82, 2.24) is 0 Å². The van der Waals surface area contributed by atoms with E-state index in [1.54, 1.807) is 0 Å². The van der Waals surface area contributed by atoms with Crippen LogP contribution in [0.4, 0.5) is 0 Å². The molecule has 0 radical (unpaired) electrons. The van der Waals surface area contributed by atoms with Crippen molar-refractivity contribution in [2.24, 2.45) is 17.3 Å². The third-order valence-electron chi connectivity index (χ3n) is 7.26. The standard InChI is InChI=1S/C19H25BrO2/c1-11-14-9-13(21)5-4-12(14)8-16-15(11)10-17(20)18(2)6-3-7-19(16,18)22/h9,12,16-17,22H,3-8,10H2,1-2H3/t12?,16?,17?,18-,19?/m1/s1. The summed E-state index contributed by atoms with van der Waals surface area (Å²) in [4.78, 5) is 12.2. The molecule has 2 fully saturated rings. The number of aliphatic hydroxyl groups is 1. The SMILES string of the molecule is CC1=C2CC(Br)[C@@]3(C)CCCC3(O)C2CC2CCC(=O)C=C12. The molecular weight excluding hydrogens is 340 g/mol. The van der Waals surface area contributed by atoms with Crippen LogP contribution in [0.15, 0.2) is 22.8 Å². The van der Waals surface area contributed by atoms with Crippen molar-refractivity contribution >= 4 is 21.7 Å². The fourth-order valence-corrected chi connectivity index (χ4v) is 6.77.